The van der Waals surface area contributed by atoms with Gasteiger partial charge in [0.15, 0.2) is 11.9 Å². The molecule has 65 heavy (non-hydrogen) atoms. The van der Waals surface area contributed by atoms with Gasteiger partial charge < -0.3 is 66.2 Å². The van der Waals surface area contributed by atoms with E-state index in [2.05, 4.69) is 60.1 Å². The first-order valence-electron chi connectivity index (χ1n) is 21.5. The normalized spacial score (nSPS) is 21.5. The number of carbonyl (C=O) groups excluding carboxylic acids is 1. The van der Waals surface area contributed by atoms with Gasteiger partial charge in [-0.15, -0.1) is 0 Å². The number of nitrogen functional groups attached to an aromatic ring is 1. The number of unbranched alkanes of at least 4 members (excludes halogenated alkanes) is 2. The molecule has 0 bridgehead atoms. The van der Waals surface area contributed by atoms with Crippen LogP contribution in [0.3, 0.4) is 0 Å². The zero-order valence-electron chi connectivity index (χ0n) is 36.5. The Hall–Kier alpha value is -4.97. The fourth-order valence-electron chi connectivity index (χ4n) is 7.56. The molecule has 2 fully saturated rings. The monoisotopic (exact) mass is 929 g/mol. The van der Waals surface area contributed by atoms with Gasteiger partial charge in [0.25, 0.3) is 0 Å². The summed E-state index contributed by atoms with van der Waals surface area (Å²) in [5.74, 6) is -0.520. The molecule has 6 rings (SSSR count). The summed E-state index contributed by atoms with van der Waals surface area (Å²) in [6.07, 6.45) is -4.19. The van der Waals surface area contributed by atoms with E-state index in [-0.39, 0.29) is 37.0 Å². The number of nitrogens with one attached hydrogen (secondary N) is 2. The number of hydrogen-bond acceptors (Lipinski definition) is 18. The molecule has 22 nitrogen and oxygen atoms in total. The van der Waals surface area contributed by atoms with Crippen molar-refractivity contribution in [1.82, 2.24) is 24.3 Å². The van der Waals surface area contributed by atoms with Crippen LogP contribution in [-0.2, 0) is 47.6 Å². The van der Waals surface area contributed by atoms with E-state index in [0.29, 0.717) is 44.1 Å². The van der Waals surface area contributed by atoms with Gasteiger partial charge in [-0.25, -0.2) is 14.3 Å². The highest BCUT2D eigenvalue weighted by Crippen LogP contribution is 2.44. The van der Waals surface area contributed by atoms with Crippen LogP contribution in [0.5, 0.6) is 11.5 Å². The zero-order chi connectivity index (χ0) is 46.7. The number of nitrogens with two attached hydrogens (primary N) is 2. The highest BCUT2D eigenvalue weighted by molar-refractivity contribution is 7.47. The van der Waals surface area contributed by atoms with Gasteiger partial charge in [-0.3, -0.25) is 23.6 Å². The number of aliphatic hydroxyl groups excluding tert-OH is 3. The van der Waals surface area contributed by atoms with Crippen molar-refractivity contribution in [1.29, 1.82) is 0 Å². The number of aliphatic hydroxyl groups is 3. The molecule has 0 spiro atoms. The molecule has 356 valence electrons. The Labute approximate surface area is 376 Å². The van der Waals surface area contributed by atoms with Crippen molar-refractivity contribution in [3.8, 4) is 11.5 Å². The zero-order valence-corrected chi connectivity index (χ0v) is 37.3. The fourth-order valence-corrected chi connectivity index (χ4v) is 8.26. The van der Waals surface area contributed by atoms with Crippen LogP contribution in [-0.4, -0.2) is 152 Å². The Morgan fingerprint density at radius 1 is 0.938 bits per heavy atom. The lowest BCUT2D eigenvalue weighted by atomic mass is 9.99. The Kier molecular flexibility index (Phi) is 17.5. The number of benzene rings is 2. The van der Waals surface area contributed by atoms with Crippen molar-refractivity contribution in [3.63, 3.8) is 0 Å². The third-order valence-electron chi connectivity index (χ3n) is 11.1. The average molecular weight is 930 g/mol. The van der Waals surface area contributed by atoms with Gasteiger partial charge >= 0.3 is 13.8 Å². The van der Waals surface area contributed by atoms with Gasteiger partial charge in [0.2, 0.25) is 18.1 Å². The van der Waals surface area contributed by atoms with Crippen LogP contribution < -0.4 is 31.6 Å². The number of carboxylic acids is 1. The molecule has 2 aromatic carbocycles. The van der Waals surface area contributed by atoms with Crippen LogP contribution in [0.25, 0.3) is 11.0 Å². The molecule has 2 aromatic heterocycles. The second-order valence-electron chi connectivity index (χ2n) is 15.9. The smallest absolute Gasteiger partial charge is 0.472 e. The number of ether oxygens (including phenoxy) is 3. The minimum Gasteiger partial charge on any atom is -0.496 e. The first-order valence-corrected chi connectivity index (χ1v) is 23.0. The van der Waals surface area contributed by atoms with Crippen LogP contribution in [0.1, 0.15) is 49.3 Å². The van der Waals surface area contributed by atoms with Crippen molar-refractivity contribution in [2.75, 3.05) is 75.9 Å². The number of fused-ring (bicyclic) bond motifs is 1. The quantitative estimate of drug-likeness (QED) is 0.0377. The maximum atomic E-state index is 12.9. The number of rotatable bonds is 23. The average Bonchev–Trinajstić information content (AvgIpc) is 3.68. The number of carboxylic acid groups (broad SMARTS) is 1. The Bertz CT molecular complexity index is 2280. The number of phosphoric ester groups is 1. The van der Waals surface area contributed by atoms with E-state index in [1.54, 1.807) is 7.11 Å². The number of aliphatic carboxylic acids is 1. The molecule has 11 N–H and O–H groups in total. The maximum absolute atomic E-state index is 12.9. The molecule has 4 heterocycles. The fraction of sp³-hybridized carbons (Fsp3) is 0.524. The summed E-state index contributed by atoms with van der Waals surface area (Å²) in [6.45, 7) is 7.10. The third kappa shape index (κ3) is 13.3. The first kappa shape index (κ1) is 49.5. The maximum Gasteiger partial charge on any atom is 0.472 e. The van der Waals surface area contributed by atoms with Gasteiger partial charge in [0.05, 0.1) is 38.1 Å². The number of aromatic nitrogens is 3. The van der Waals surface area contributed by atoms with Crippen LogP contribution in [0.4, 0.5) is 17.5 Å². The summed E-state index contributed by atoms with van der Waals surface area (Å²) in [6, 6.07) is 12.3. The third-order valence-corrected chi connectivity index (χ3v) is 12.0. The molecular formula is C42H60N9O13P. The molecule has 23 heteroatoms. The SMILES string of the molecule is CCCCCNc1nc(N)nc2ccn(Cc3ccc(CN4CCN(CCOP(=O)(O)OCc5ccc(O[C@@H]6O[C@H](C(=O)O)[C@@H](O)[C@H](O)C6O)c(NC(=O)CCN)c5)CC4)cc3OC)c12. The van der Waals surface area contributed by atoms with Crippen molar-refractivity contribution in [3.05, 3.63) is 65.4 Å². The summed E-state index contributed by atoms with van der Waals surface area (Å²) < 4.78 is 42.2. The molecule has 0 aliphatic carbocycles. The number of amides is 1. The number of methoxy groups -OCH3 is 1. The molecule has 2 aliphatic heterocycles. The number of hydrogen-bond donors (Lipinski definition) is 9. The van der Waals surface area contributed by atoms with Crippen molar-refractivity contribution in [2.45, 2.75) is 83.0 Å². The van der Waals surface area contributed by atoms with Gasteiger partial charge in [-0.1, -0.05) is 38.0 Å². The lowest BCUT2D eigenvalue weighted by Gasteiger charge is -2.38. The van der Waals surface area contributed by atoms with E-state index in [1.807, 2.05) is 12.3 Å². The van der Waals surface area contributed by atoms with Crippen LogP contribution >= 0.6 is 7.82 Å². The molecule has 1 amide bonds. The van der Waals surface area contributed by atoms with Crippen LogP contribution in [0.15, 0.2) is 48.7 Å². The largest absolute Gasteiger partial charge is 0.496 e. The lowest BCUT2D eigenvalue weighted by molar-refractivity contribution is -0.271. The van der Waals surface area contributed by atoms with Crippen molar-refractivity contribution >= 4 is 48.2 Å². The molecule has 6 atom stereocenters. The van der Waals surface area contributed by atoms with Crippen LogP contribution in [0.2, 0.25) is 0 Å². The standard InChI is InChI=1S/C42H60N9O13P/c1-3-4-5-13-45-39-34-29(47-42(44)48-39)11-14-51(34)24-28-8-6-26(22-32(28)60-2)23-50-17-15-49(16-18-50)19-20-61-65(58,59)62-25-27-7-9-31(30(21-27)46-33(52)10-12-43)63-41-37(55)35(53)36(54)38(64-41)40(56)57/h6-9,11,14,21-22,35-38,41,53-55H,3-5,10,12-13,15-20,23-25,43H2,1-2H3,(H,46,52)(H,56,57)(H,58,59)(H3,44,45,47,48)/t35-,36-,37?,38-,41+/m0/s1. The predicted molar refractivity (Wildman–Crippen MR) is 238 cm³/mol. The van der Waals surface area contributed by atoms with E-state index in [4.69, 9.17) is 34.7 Å². The van der Waals surface area contributed by atoms with Crippen molar-refractivity contribution < 1.29 is 62.7 Å². The van der Waals surface area contributed by atoms with Crippen molar-refractivity contribution in [2.24, 2.45) is 5.73 Å². The van der Waals surface area contributed by atoms with Gasteiger partial charge in [0, 0.05) is 70.5 Å². The highest BCUT2D eigenvalue weighted by Gasteiger charge is 2.48. The first-order chi connectivity index (χ1) is 31.2. The van der Waals surface area contributed by atoms with E-state index in [0.717, 1.165) is 66.8 Å². The molecule has 0 radical (unpaired) electrons. The molecule has 2 unspecified atom stereocenters. The van der Waals surface area contributed by atoms with Gasteiger partial charge in [-0.05, 0) is 41.8 Å². The lowest BCUT2D eigenvalue weighted by Crippen LogP contribution is -2.61. The van der Waals surface area contributed by atoms with Gasteiger partial charge in [-0.2, -0.15) is 4.98 Å². The summed E-state index contributed by atoms with van der Waals surface area (Å²) >= 11 is 0. The van der Waals surface area contributed by atoms with E-state index in [1.165, 1.54) is 18.2 Å². The van der Waals surface area contributed by atoms with E-state index < -0.39 is 57.0 Å². The van der Waals surface area contributed by atoms with Crippen LogP contribution in [0, 0.1) is 0 Å². The summed E-state index contributed by atoms with van der Waals surface area (Å²) in [4.78, 5) is 47.9. The Morgan fingerprint density at radius 3 is 2.42 bits per heavy atom. The topological polar surface area (TPSA) is 312 Å². The predicted octanol–water partition coefficient (Wildman–Crippen LogP) is 1.68. The number of phosphoric acid groups is 1. The molecular weight excluding hydrogens is 869 g/mol. The number of carbonyl (C=O) groups is 2. The minimum atomic E-state index is -4.53. The second kappa shape index (κ2) is 23.0. The Morgan fingerprint density at radius 2 is 1.69 bits per heavy atom. The number of piperazine rings is 1. The van der Waals surface area contributed by atoms with E-state index >= 15 is 0 Å². The molecule has 2 saturated heterocycles. The summed E-state index contributed by atoms with van der Waals surface area (Å²) in [7, 11) is -2.86. The Balaban J connectivity index is 0.971. The summed E-state index contributed by atoms with van der Waals surface area (Å²) in [5, 5.41) is 46.0. The minimum absolute atomic E-state index is 0.000646. The molecule has 4 aromatic rings. The molecule has 2 aliphatic rings. The number of anilines is 3. The summed E-state index contributed by atoms with van der Waals surface area (Å²) in [5.41, 5.74) is 15.6. The number of nitrogens with zero attached hydrogens (tertiary/aromatic N) is 5. The molecule has 0 saturated carbocycles. The highest BCUT2D eigenvalue weighted by atomic mass is 31.2. The van der Waals surface area contributed by atoms with Gasteiger partial charge in [0.1, 0.15) is 35.3 Å². The second-order valence-corrected chi connectivity index (χ2v) is 17.3. The van der Waals surface area contributed by atoms with E-state index in [9.17, 15) is 39.5 Å².